The summed E-state index contributed by atoms with van der Waals surface area (Å²) in [6, 6.07) is 3.80. The van der Waals surface area contributed by atoms with Gasteiger partial charge in [-0.2, -0.15) is 0 Å². The molecule has 1 aliphatic heterocycles. The van der Waals surface area contributed by atoms with Gasteiger partial charge in [0.2, 0.25) is 0 Å². The van der Waals surface area contributed by atoms with Crippen molar-refractivity contribution in [3.63, 3.8) is 0 Å². The Labute approximate surface area is 95.1 Å². The van der Waals surface area contributed by atoms with E-state index in [2.05, 4.69) is 10.1 Å². The van der Waals surface area contributed by atoms with Gasteiger partial charge in [-0.15, -0.1) is 0 Å². The molecule has 1 atom stereocenters. The van der Waals surface area contributed by atoms with Gasteiger partial charge in [0.15, 0.2) is 6.04 Å². The second-order valence-corrected chi connectivity index (χ2v) is 3.86. The summed E-state index contributed by atoms with van der Waals surface area (Å²) in [6.45, 7) is 0. The Morgan fingerprint density at radius 2 is 1.73 bits per heavy atom. The number of rotatable bonds is 1. The minimum Gasteiger partial charge on any atom is -0.374 e. The fraction of sp³-hybridized carbons (Fsp3) is 0.111. The van der Waals surface area contributed by atoms with Crippen molar-refractivity contribution in [3.05, 3.63) is 33.8 Å². The minimum absolute atomic E-state index is 0.395. The number of amides is 1. The summed E-state index contributed by atoms with van der Waals surface area (Å²) in [5.41, 5.74) is 0.503. The highest BCUT2D eigenvalue weighted by molar-refractivity contribution is 6.34. The third-order valence-electron chi connectivity index (χ3n) is 1.91. The van der Waals surface area contributed by atoms with Gasteiger partial charge in [-0.25, -0.2) is 9.59 Å². The molecular weight excluding hydrogens is 241 g/mol. The van der Waals surface area contributed by atoms with E-state index in [4.69, 9.17) is 23.2 Å². The zero-order valence-electron chi connectivity index (χ0n) is 7.29. The van der Waals surface area contributed by atoms with E-state index in [9.17, 15) is 9.59 Å². The largest absolute Gasteiger partial charge is 0.415 e. The summed E-state index contributed by atoms with van der Waals surface area (Å²) < 4.78 is 4.33. The van der Waals surface area contributed by atoms with E-state index in [-0.39, 0.29) is 0 Å². The molecule has 1 fully saturated rings. The number of nitrogens with one attached hydrogen (secondary N) is 1. The van der Waals surface area contributed by atoms with Gasteiger partial charge >= 0.3 is 12.1 Å². The molecule has 6 heteroatoms. The predicted octanol–water partition coefficient (Wildman–Crippen LogP) is 2.30. The molecule has 0 aromatic heterocycles. The lowest BCUT2D eigenvalue weighted by molar-refractivity contribution is -0.135. The number of halogens is 2. The number of hydrogen-bond acceptors (Lipinski definition) is 3. The van der Waals surface area contributed by atoms with Crippen LogP contribution in [-0.2, 0) is 9.53 Å². The first-order chi connectivity index (χ1) is 7.06. The summed E-state index contributed by atoms with van der Waals surface area (Å²) >= 11 is 11.5. The van der Waals surface area contributed by atoms with E-state index in [0.29, 0.717) is 15.6 Å². The number of hydrogen-bond donors (Lipinski definition) is 1. The van der Waals surface area contributed by atoms with Crippen LogP contribution < -0.4 is 5.32 Å². The molecule has 1 aromatic carbocycles. The fourth-order valence-electron chi connectivity index (χ4n) is 1.32. The normalized spacial score (nSPS) is 20.0. The van der Waals surface area contributed by atoms with Crippen LogP contribution in [0.1, 0.15) is 11.6 Å². The number of alkyl carbamates (subject to hydrolysis) is 1. The van der Waals surface area contributed by atoms with Crippen molar-refractivity contribution in [1.82, 2.24) is 5.32 Å². The number of esters is 1. The van der Waals surface area contributed by atoms with Gasteiger partial charge in [0.1, 0.15) is 0 Å². The van der Waals surface area contributed by atoms with Crippen LogP contribution in [0.2, 0.25) is 10.0 Å². The van der Waals surface area contributed by atoms with Crippen molar-refractivity contribution in [1.29, 1.82) is 0 Å². The summed E-state index contributed by atoms with van der Waals surface area (Å²) in [6.07, 6.45) is -0.763. The van der Waals surface area contributed by atoms with E-state index >= 15 is 0 Å². The van der Waals surface area contributed by atoms with Crippen molar-refractivity contribution < 1.29 is 14.3 Å². The molecule has 0 saturated carbocycles. The molecule has 1 heterocycles. The molecule has 1 aliphatic rings. The van der Waals surface area contributed by atoms with Crippen LogP contribution >= 0.6 is 23.2 Å². The smallest absolute Gasteiger partial charge is 0.374 e. The molecule has 15 heavy (non-hydrogen) atoms. The maximum absolute atomic E-state index is 11.2. The first kappa shape index (κ1) is 10.3. The second kappa shape index (κ2) is 3.72. The Balaban J connectivity index is 2.37. The highest BCUT2D eigenvalue weighted by Crippen LogP contribution is 2.26. The Bertz CT molecular complexity index is 427. The first-order valence-corrected chi connectivity index (χ1v) is 4.80. The van der Waals surface area contributed by atoms with Crippen molar-refractivity contribution in [3.8, 4) is 0 Å². The van der Waals surface area contributed by atoms with Gasteiger partial charge in [-0.3, -0.25) is 0 Å². The van der Waals surface area contributed by atoms with Crippen molar-refractivity contribution >= 4 is 35.3 Å². The highest BCUT2D eigenvalue weighted by Gasteiger charge is 2.33. The molecule has 1 N–H and O–H groups in total. The molecule has 4 nitrogen and oxygen atoms in total. The molecular formula is C9H5Cl2NO3. The summed E-state index contributed by atoms with van der Waals surface area (Å²) in [7, 11) is 0. The second-order valence-electron chi connectivity index (χ2n) is 2.99. The van der Waals surface area contributed by atoms with Crippen LogP contribution in [0.5, 0.6) is 0 Å². The molecule has 1 unspecified atom stereocenters. The lowest BCUT2D eigenvalue weighted by atomic mass is 10.1. The Hall–Kier alpha value is -1.26. The van der Waals surface area contributed by atoms with Gasteiger partial charge < -0.3 is 10.1 Å². The number of benzene rings is 1. The maximum atomic E-state index is 11.2. The lowest BCUT2D eigenvalue weighted by Gasteiger charge is -2.06. The van der Waals surface area contributed by atoms with Gasteiger partial charge in [-0.05, 0) is 23.8 Å². The number of carbonyl (C=O) groups is 2. The van der Waals surface area contributed by atoms with E-state index in [1.165, 1.54) is 6.07 Å². The van der Waals surface area contributed by atoms with E-state index in [0.717, 1.165) is 0 Å². The summed E-state index contributed by atoms with van der Waals surface area (Å²) in [5, 5.41) is 3.14. The highest BCUT2D eigenvalue weighted by atomic mass is 35.5. The van der Waals surface area contributed by atoms with E-state index in [1.807, 2.05) is 0 Å². The van der Waals surface area contributed by atoms with Gasteiger partial charge in [0.25, 0.3) is 0 Å². The number of carbonyl (C=O) groups excluding carboxylic acids is 2. The molecule has 1 aromatic rings. The molecule has 0 aliphatic carbocycles. The molecule has 0 radical (unpaired) electrons. The Morgan fingerprint density at radius 1 is 1.13 bits per heavy atom. The molecule has 2 rings (SSSR count). The molecule has 0 spiro atoms. The fourth-order valence-corrected chi connectivity index (χ4v) is 1.86. The van der Waals surface area contributed by atoms with Crippen LogP contribution in [0.4, 0.5) is 4.79 Å². The van der Waals surface area contributed by atoms with Crippen LogP contribution in [0.25, 0.3) is 0 Å². The van der Waals surface area contributed by atoms with E-state index < -0.39 is 18.1 Å². The zero-order chi connectivity index (χ0) is 11.0. The standard InChI is InChI=1S/C9H5Cl2NO3/c10-5-1-4(2-6(11)3-5)7-8(13)15-9(14)12-7/h1-3,7H,(H,12,14). The summed E-state index contributed by atoms with van der Waals surface area (Å²) in [5.74, 6) is -0.654. The predicted molar refractivity (Wildman–Crippen MR) is 53.8 cm³/mol. The van der Waals surface area contributed by atoms with Crippen LogP contribution in [-0.4, -0.2) is 12.1 Å². The average Bonchev–Trinajstić information content (AvgIpc) is 2.43. The first-order valence-electron chi connectivity index (χ1n) is 4.04. The van der Waals surface area contributed by atoms with Crippen LogP contribution in [0.15, 0.2) is 18.2 Å². The van der Waals surface area contributed by atoms with Crippen molar-refractivity contribution in [2.24, 2.45) is 0 Å². The molecule has 1 saturated heterocycles. The van der Waals surface area contributed by atoms with Gasteiger partial charge in [0.05, 0.1) is 0 Å². The average molecular weight is 246 g/mol. The third-order valence-corrected chi connectivity index (χ3v) is 2.35. The quantitative estimate of drug-likeness (QED) is 0.611. The Morgan fingerprint density at radius 3 is 2.20 bits per heavy atom. The van der Waals surface area contributed by atoms with Crippen LogP contribution in [0, 0.1) is 0 Å². The third kappa shape index (κ3) is 2.06. The molecule has 78 valence electrons. The van der Waals surface area contributed by atoms with Gasteiger partial charge in [0, 0.05) is 10.0 Å². The summed E-state index contributed by atoms with van der Waals surface area (Å²) in [4.78, 5) is 22.0. The van der Waals surface area contributed by atoms with Crippen LogP contribution in [0.3, 0.4) is 0 Å². The number of ether oxygens (including phenoxy) is 1. The van der Waals surface area contributed by atoms with Crippen molar-refractivity contribution in [2.45, 2.75) is 6.04 Å². The molecule has 1 amide bonds. The van der Waals surface area contributed by atoms with Crippen molar-refractivity contribution in [2.75, 3.05) is 0 Å². The topological polar surface area (TPSA) is 55.4 Å². The maximum Gasteiger partial charge on any atom is 0.415 e. The molecule has 0 bridgehead atoms. The van der Waals surface area contributed by atoms with E-state index in [1.54, 1.807) is 12.1 Å². The number of cyclic esters (lactones) is 2. The monoisotopic (exact) mass is 245 g/mol. The Kier molecular flexibility index (Phi) is 2.54. The van der Waals surface area contributed by atoms with Gasteiger partial charge in [-0.1, -0.05) is 23.2 Å². The lowest BCUT2D eigenvalue weighted by Crippen LogP contribution is -2.19. The zero-order valence-corrected chi connectivity index (χ0v) is 8.80. The minimum atomic E-state index is -0.825. The SMILES string of the molecule is O=C1NC(c2cc(Cl)cc(Cl)c2)C(=O)O1.